The Balaban J connectivity index is 4.90. The van der Waals surface area contributed by atoms with Crippen molar-refractivity contribution in [1.29, 1.82) is 0 Å². The maximum atomic E-state index is 12.1. The molecule has 0 aromatic carbocycles. The van der Waals surface area contributed by atoms with Crippen molar-refractivity contribution in [3.05, 3.63) is 11.1 Å². The molecule has 0 bridgehead atoms. The maximum Gasteiger partial charge on any atom is 0.334 e. The zero-order chi connectivity index (χ0) is 16.1. The molecule has 0 saturated carbocycles. The van der Waals surface area contributed by atoms with Crippen molar-refractivity contribution >= 4 is 11.9 Å². The minimum absolute atomic E-state index is 0.314. The molecule has 21 heavy (non-hydrogen) atoms. The third kappa shape index (κ3) is 7.88. The maximum absolute atomic E-state index is 12.1. The quantitative estimate of drug-likeness (QED) is 0.326. The molecule has 0 N–H and O–H groups in total. The third-order valence-electron chi connectivity index (χ3n) is 3.29. The van der Waals surface area contributed by atoms with Crippen LogP contribution in [0, 0.1) is 0 Å². The molecule has 4 heteroatoms. The minimum atomic E-state index is -0.392. The van der Waals surface area contributed by atoms with Crippen LogP contribution in [0.3, 0.4) is 0 Å². The van der Waals surface area contributed by atoms with Crippen LogP contribution in [0.1, 0.15) is 72.6 Å². The van der Waals surface area contributed by atoms with Gasteiger partial charge in [-0.1, -0.05) is 39.5 Å². The van der Waals surface area contributed by atoms with Crippen molar-refractivity contribution in [2.45, 2.75) is 72.6 Å². The summed E-state index contributed by atoms with van der Waals surface area (Å²) in [4.78, 5) is 24.1. The second kappa shape index (κ2) is 12.4. The Morgan fingerprint density at radius 1 is 0.714 bits per heavy atom. The molecule has 0 aromatic rings. The van der Waals surface area contributed by atoms with E-state index in [0.29, 0.717) is 37.2 Å². The predicted molar refractivity (Wildman–Crippen MR) is 84.0 cm³/mol. The molecule has 0 aromatic heterocycles. The van der Waals surface area contributed by atoms with E-state index in [1.54, 1.807) is 13.8 Å². The van der Waals surface area contributed by atoms with Gasteiger partial charge in [0.1, 0.15) is 0 Å². The standard InChI is InChI=1S/C17H30O4/c1-5-9-10-11-12-13-15(17(19)21-8-4)14(6-2)16(18)20-7-3/h5-13H2,1-4H3/b15-14-. The zero-order valence-corrected chi connectivity index (χ0v) is 14.0. The van der Waals surface area contributed by atoms with E-state index in [9.17, 15) is 9.59 Å². The molecular formula is C17H30O4. The van der Waals surface area contributed by atoms with Gasteiger partial charge in [-0.05, 0) is 33.1 Å². The molecule has 122 valence electrons. The lowest BCUT2D eigenvalue weighted by Crippen LogP contribution is -2.16. The second-order valence-corrected chi connectivity index (χ2v) is 4.92. The summed E-state index contributed by atoms with van der Waals surface area (Å²) in [7, 11) is 0. The van der Waals surface area contributed by atoms with Crippen LogP contribution in [0.4, 0.5) is 0 Å². The van der Waals surface area contributed by atoms with E-state index in [1.807, 2.05) is 6.92 Å². The molecule has 0 heterocycles. The van der Waals surface area contributed by atoms with Crippen LogP contribution in [-0.4, -0.2) is 25.2 Å². The molecule has 0 amide bonds. The van der Waals surface area contributed by atoms with Crippen molar-refractivity contribution in [2.75, 3.05) is 13.2 Å². The van der Waals surface area contributed by atoms with Crippen LogP contribution in [-0.2, 0) is 19.1 Å². The van der Waals surface area contributed by atoms with Gasteiger partial charge in [0.05, 0.1) is 13.2 Å². The average molecular weight is 298 g/mol. The van der Waals surface area contributed by atoms with E-state index in [-0.39, 0.29) is 5.97 Å². The van der Waals surface area contributed by atoms with Crippen molar-refractivity contribution in [3.63, 3.8) is 0 Å². The van der Waals surface area contributed by atoms with Gasteiger partial charge in [-0.3, -0.25) is 0 Å². The molecule has 0 radical (unpaired) electrons. The largest absolute Gasteiger partial charge is 0.463 e. The SMILES string of the molecule is CCCCCCC/C(C(=O)OCC)=C(\CC)C(=O)OCC. The summed E-state index contributed by atoms with van der Waals surface area (Å²) in [6, 6.07) is 0. The smallest absolute Gasteiger partial charge is 0.334 e. The molecule has 0 spiro atoms. The lowest BCUT2D eigenvalue weighted by atomic mass is 9.99. The van der Waals surface area contributed by atoms with E-state index >= 15 is 0 Å². The van der Waals surface area contributed by atoms with Crippen molar-refractivity contribution in [1.82, 2.24) is 0 Å². The average Bonchev–Trinajstić information content (AvgIpc) is 2.46. The number of carbonyl (C=O) groups is 2. The molecule has 0 fully saturated rings. The Labute approximate surface area is 128 Å². The molecule has 4 nitrogen and oxygen atoms in total. The first kappa shape index (κ1) is 19.7. The van der Waals surface area contributed by atoms with E-state index in [4.69, 9.17) is 9.47 Å². The Kier molecular flexibility index (Phi) is 11.6. The highest BCUT2D eigenvalue weighted by molar-refractivity contribution is 6.00. The number of hydrogen-bond donors (Lipinski definition) is 0. The van der Waals surface area contributed by atoms with E-state index in [2.05, 4.69) is 6.92 Å². The molecule has 0 unspecified atom stereocenters. The summed E-state index contributed by atoms with van der Waals surface area (Å²) < 4.78 is 10.1. The third-order valence-corrected chi connectivity index (χ3v) is 3.29. The van der Waals surface area contributed by atoms with Crippen LogP contribution < -0.4 is 0 Å². The van der Waals surface area contributed by atoms with Crippen LogP contribution in [0.5, 0.6) is 0 Å². The number of rotatable bonds is 11. The van der Waals surface area contributed by atoms with Gasteiger partial charge in [0.15, 0.2) is 0 Å². The molecule has 0 saturated heterocycles. The van der Waals surface area contributed by atoms with Gasteiger partial charge in [0, 0.05) is 11.1 Å². The summed E-state index contributed by atoms with van der Waals surface area (Å²) in [6.45, 7) is 8.20. The molecule has 0 aliphatic carbocycles. The van der Waals surface area contributed by atoms with Crippen LogP contribution >= 0.6 is 0 Å². The van der Waals surface area contributed by atoms with Crippen molar-refractivity contribution in [2.24, 2.45) is 0 Å². The first-order valence-electron chi connectivity index (χ1n) is 8.18. The second-order valence-electron chi connectivity index (χ2n) is 4.92. The highest BCUT2D eigenvalue weighted by atomic mass is 16.5. The summed E-state index contributed by atoms with van der Waals surface area (Å²) >= 11 is 0. The Hall–Kier alpha value is -1.32. The van der Waals surface area contributed by atoms with E-state index < -0.39 is 5.97 Å². The summed E-state index contributed by atoms with van der Waals surface area (Å²) in [5.41, 5.74) is 0.958. The number of unbranched alkanes of at least 4 members (excludes halogenated alkanes) is 4. The Morgan fingerprint density at radius 2 is 1.24 bits per heavy atom. The van der Waals surface area contributed by atoms with Gasteiger partial charge < -0.3 is 9.47 Å². The molecule has 0 atom stereocenters. The lowest BCUT2D eigenvalue weighted by Gasteiger charge is -2.12. The highest BCUT2D eigenvalue weighted by Gasteiger charge is 2.21. The fourth-order valence-corrected chi connectivity index (χ4v) is 2.20. The zero-order valence-electron chi connectivity index (χ0n) is 14.0. The summed E-state index contributed by atoms with van der Waals surface area (Å²) in [5, 5.41) is 0. The van der Waals surface area contributed by atoms with Crippen molar-refractivity contribution in [3.8, 4) is 0 Å². The summed E-state index contributed by atoms with van der Waals surface area (Å²) in [6.07, 6.45) is 6.59. The first-order chi connectivity index (χ1) is 10.1. The fourth-order valence-electron chi connectivity index (χ4n) is 2.20. The molecule has 0 rings (SSSR count). The molecule has 0 aliphatic heterocycles. The summed E-state index contributed by atoms with van der Waals surface area (Å²) in [5.74, 6) is -0.769. The monoisotopic (exact) mass is 298 g/mol. The first-order valence-corrected chi connectivity index (χ1v) is 8.18. The Morgan fingerprint density at radius 3 is 1.71 bits per heavy atom. The molecular weight excluding hydrogens is 268 g/mol. The number of hydrogen-bond acceptors (Lipinski definition) is 4. The van der Waals surface area contributed by atoms with Gasteiger partial charge in [0.2, 0.25) is 0 Å². The fraction of sp³-hybridized carbons (Fsp3) is 0.765. The lowest BCUT2D eigenvalue weighted by molar-refractivity contribution is -0.142. The van der Waals surface area contributed by atoms with Crippen LogP contribution in [0.25, 0.3) is 0 Å². The molecule has 0 aliphatic rings. The van der Waals surface area contributed by atoms with Gasteiger partial charge in [-0.25, -0.2) is 9.59 Å². The number of ether oxygens (including phenoxy) is 2. The van der Waals surface area contributed by atoms with Crippen LogP contribution in [0.15, 0.2) is 11.1 Å². The normalized spacial score (nSPS) is 11.8. The van der Waals surface area contributed by atoms with Gasteiger partial charge >= 0.3 is 11.9 Å². The van der Waals surface area contributed by atoms with Gasteiger partial charge in [0.25, 0.3) is 0 Å². The van der Waals surface area contributed by atoms with Crippen molar-refractivity contribution < 1.29 is 19.1 Å². The number of carbonyl (C=O) groups excluding carboxylic acids is 2. The van der Waals surface area contributed by atoms with Crippen LogP contribution in [0.2, 0.25) is 0 Å². The van der Waals surface area contributed by atoms with Gasteiger partial charge in [-0.15, -0.1) is 0 Å². The van der Waals surface area contributed by atoms with E-state index in [0.717, 1.165) is 19.3 Å². The topological polar surface area (TPSA) is 52.6 Å². The highest BCUT2D eigenvalue weighted by Crippen LogP contribution is 2.20. The van der Waals surface area contributed by atoms with Gasteiger partial charge in [-0.2, -0.15) is 0 Å². The minimum Gasteiger partial charge on any atom is -0.463 e. The Bertz CT molecular complexity index is 345. The number of esters is 2. The predicted octanol–water partition coefficient (Wildman–Crippen LogP) is 4.18. The van der Waals surface area contributed by atoms with E-state index in [1.165, 1.54) is 12.8 Å².